The molecule has 0 spiro atoms. The predicted molar refractivity (Wildman–Crippen MR) is 419 cm³/mol. The molecule has 0 N–H and O–H groups in total. The maximum absolute atomic E-state index is 14.0. The van der Waals surface area contributed by atoms with E-state index in [9.17, 15) is 35.1 Å². The van der Waals surface area contributed by atoms with Crippen molar-refractivity contribution >= 4 is 0 Å². The van der Waals surface area contributed by atoms with Crippen LogP contribution in [-0.2, 0) is 0 Å². The van der Waals surface area contributed by atoms with E-state index in [1.165, 1.54) is 218 Å². The molecule has 8 fully saturated rings. The summed E-state index contributed by atoms with van der Waals surface area (Å²) in [6.45, 7) is 17.5. The Labute approximate surface area is 637 Å². The van der Waals surface area contributed by atoms with Crippen molar-refractivity contribution in [2.75, 3.05) is 26.4 Å². The number of halogens is 8. The number of ether oxygens (including phenoxy) is 4. The Bertz CT molecular complexity index is 3140. The van der Waals surface area contributed by atoms with Gasteiger partial charge in [0.2, 0.25) is 23.3 Å². The van der Waals surface area contributed by atoms with Gasteiger partial charge in [-0.05, 0) is 323 Å². The summed E-state index contributed by atoms with van der Waals surface area (Å²) < 4.78 is 133. The van der Waals surface area contributed by atoms with Gasteiger partial charge < -0.3 is 18.9 Å². The Morgan fingerprint density at radius 2 is 0.434 bits per heavy atom. The zero-order valence-corrected chi connectivity index (χ0v) is 67.0. The van der Waals surface area contributed by atoms with Crippen LogP contribution in [0.25, 0.3) is 0 Å². The van der Waals surface area contributed by atoms with Crippen LogP contribution < -0.4 is 18.9 Å². The van der Waals surface area contributed by atoms with Crippen molar-refractivity contribution in [1.29, 1.82) is 0 Å². The molecular formula is C94H140F8O4. The lowest BCUT2D eigenvalue weighted by Gasteiger charge is -2.38. The van der Waals surface area contributed by atoms with Gasteiger partial charge >= 0.3 is 0 Å². The fourth-order valence-electron chi connectivity index (χ4n) is 20.6. The summed E-state index contributed by atoms with van der Waals surface area (Å²) in [5, 5.41) is 0. The maximum Gasteiger partial charge on any atom is 0.200 e. The van der Waals surface area contributed by atoms with E-state index in [0.717, 1.165) is 122 Å². The van der Waals surface area contributed by atoms with Crippen molar-refractivity contribution in [2.24, 2.45) is 94.7 Å². The van der Waals surface area contributed by atoms with E-state index in [1.807, 2.05) is 0 Å². The second-order valence-electron chi connectivity index (χ2n) is 35.4. The SMILES string of the molecule is CCC1CCC(C2CCC(COc3ccc(C)c(F)c3F)CC2)CC1.CCCC1CCC(C2CCC(COc3ccc(C)c(F)c3F)CC2)CC1.CCCCC1CCC(C2CCC(COc3ccc(C)c(F)c3F)CC2)CC1.CCCCCC1CCC(C2CCC(COc3ccc(C)c(F)c3F)CC2)CC1. The Hall–Kier alpha value is -4.48. The first-order chi connectivity index (χ1) is 51.3. The Morgan fingerprint density at radius 1 is 0.226 bits per heavy atom. The highest BCUT2D eigenvalue weighted by atomic mass is 19.2. The molecule has 0 saturated heterocycles. The first-order valence-corrected chi connectivity index (χ1v) is 43.6. The van der Waals surface area contributed by atoms with Crippen molar-refractivity contribution in [2.45, 2.75) is 325 Å². The maximum atomic E-state index is 14.0. The molecule has 0 atom stereocenters. The zero-order chi connectivity index (χ0) is 75.5. The quantitative estimate of drug-likeness (QED) is 0.0464. The van der Waals surface area contributed by atoms with Crippen molar-refractivity contribution < 1.29 is 54.1 Å². The van der Waals surface area contributed by atoms with Gasteiger partial charge in [0.1, 0.15) is 0 Å². The topological polar surface area (TPSA) is 36.9 Å². The second kappa shape index (κ2) is 44.5. The molecular weight excluding hydrogens is 1350 g/mol. The van der Waals surface area contributed by atoms with E-state index in [2.05, 4.69) is 27.7 Å². The number of hydrogen-bond acceptors (Lipinski definition) is 4. The highest BCUT2D eigenvalue weighted by Gasteiger charge is 2.36. The lowest BCUT2D eigenvalue weighted by Crippen LogP contribution is -2.27. The minimum Gasteiger partial charge on any atom is -0.490 e. The van der Waals surface area contributed by atoms with E-state index < -0.39 is 46.5 Å². The Kier molecular flexibility index (Phi) is 35.9. The molecule has 596 valence electrons. The molecule has 106 heavy (non-hydrogen) atoms. The molecule has 0 radical (unpaired) electrons. The van der Waals surface area contributed by atoms with Gasteiger partial charge in [0, 0.05) is 0 Å². The van der Waals surface area contributed by atoms with Gasteiger partial charge in [-0.2, -0.15) is 17.6 Å². The van der Waals surface area contributed by atoms with Crippen LogP contribution >= 0.6 is 0 Å². The van der Waals surface area contributed by atoms with E-state index in [0.29, 0.717) is 72.4 Å². The molecule has 0 aliphatic heterocycles. The molecule has 12 heteroatoms. The van der Waals surface area contributed by atoms with Crippen molar-refractivity contribution in [3.8, 4) is 23.0 Å². The van der Waals surface area contributed by atoms with Crippen LogP contribution in [0.5, 0.6) is 23.0 Å². The first kappa shape index (κ1) is 85.5. The minimum absolute atomic E-state index is 0.0584. The van der Waals surface area contributed by atoms with E-state index in [1.54, 1.807) is 76.2 Å². The minimum atomic E-state index is -0.846. The summed E-state index contributed by atoms with van der Waals surface area (Å²) in [5.41, 5.74) is 1.29. The lowest BCUT2D eigenvalue weighted by atomic mass is 9.69. The monoisotopic (exact) mass is 1490 g/mol. The summed E-state index contributed by atoms with van der Waals surface area (Å²) >= 11 is 0. The van der Waals surface area contributed by atoms with Gasteiger partial charge in [0.05, 0.1) is 26.4 Å². The summed E-state index contributed by atoms with van der Waals surface area (Å²) in [5.74, 6) is 6.74. The van der Waals surface area contributed by atoms with Crippen LogP contribution in [0.3, 0.4) is 0 Å². The molecule has 0 amide bonds. The third kappa shape index (κ3) is 25.8. The number of benzene rings is 4. The standard InChI is InChI=1S/C25H38F2O.C24H36F2O.C23H34F2O.C22H32F2O/c1-3-4-5-6-19-8-12-21(13-9-19)22-14-10-20(11-15-22)17-28-23-16-7-18(2)24(26)25(23)27;1-3-4-5-18-7-11-20(12-8-18)21-13-9-19(10-14-21)16-27-22-15-6-17(2)23(25)24(22)26;1-3-4-17-6-10-19(11-7-17)20-12-8-18(9-13-20)15-26-21-14-5-16(2)22(24)23(21)25;1-3-16-5-9-18(10-6-16)19-11-7-17(8-12-19)14-25-20-13-4-15(2)21(23)22(20)24/h7,16,19-22H,3-6,8-15,17H2,1-2H3;6,15,18-21H,3-5,7-14,16H2,1-2H3;5,14,17-20H,3-4,6-13,15H2,1-2H3;4,13,16-19H,3,5-12,14H2,1-2H3. The molecule has 0 aromatic heterocycles. The van der Waals surface area contributed by atoms with Gasteiger partial charge in [-0.25, -0.2) is 17.6 Å². The first-order valence-electron chi connectivity index (χ1n) is 43.6. The summed E-state index contributed by atoms with van der Waals surface area (Å²) in [7, 11) is 0. The Balaban J connectivity index is 0.000000164. The highest BCUT2D eigenvalue weighted by molar-refractivity contribution is 5.33. The molecule has 0 unspecified atom stereocenters. The normalized spacial score (nSPS) is 29.2. The molecule has 0 bridgehead atoms. The molecule has 12 rings (SSSR count). The van der Waals surface area contributed by atoms with Gasteiger partial charge in [-0.1, -0.05) is 168 Å². The van der Waals surface area contributed by atoms with Crippen LogP contribution in [0.15, 0.2) is 48.5 Å². The number of hydrogen-bond donors (Lipinski definition) is 0. The molecule has 8 aliphatic rings. The molecule has 4 aromatic carbocycles. The van der Waals surface area contributed by atoms with Crippen LogP contribution in [0.2, 0.25) is 0 Å². The van der Waals surface area contributed by atoms with Gasteiger partial charge in [0.15, 0.2) is 46.3 Å². The average molecular weight is 1490 g/mol. The van der Waals surface area contributed by atoms with E-state index >= 15 is 0 Å². The van der Waals surface area contributed by atoms with Crippen molar-refractivity contribution in [1.82, 2.24) is 0 Å². The van der Waals surface area contributed by atoms with E-state index in [-0.39, 0.29) is 23.0 Å². The smallest absolute Gasteiger partial charge is 0.200 e. The van der Waals surface area contributed by atoms with E-state index in [4.69, 9.17) is 18.9 Å². The molecule has 4 nitrogen and oxygen atoms in total. The molecule has 8 aliphatic carbocycles. The summed E-state index contributed by atoms with van der Waals surface area (Å²) in [6.07, 6.45) is 56.2. The summed E-state index contributed by atoms with van der Waals surface area (Å²) in [4.78, 5) is 0. The van der Waals surface area contributed by atoms with Crippen LogP contribution in [0, 0.1) is 169 Å². The summed E-state index contributed by atoms with van der Waals surface area (Å²) in [6, 6.07) is 12.5. The molecule has 8 saturated carbocycles. The number of rotatable bonds is 26. The zero-order valence-electron chi connectivity index (χ0n) is 67.0. The average Bonchev–Trinajstić information content (AvgIpc) is 0.854. The van der Waals surface area contributed by atoms with Crippen LogP contribution in [-0.4, -0.2) is 26.4 Å². The lowest BCUT2D eigenvalue weighted by molar-refractivity contribution is 0.120. The van der Waals surface area contributed by atoms with Gasteiger partial charge in [0.25, 0.3) is 0 Å². The van der Waals surface area contributed by atoms with Gasteiger partial charge in [-0.3, -0.25) is 0 Å². The molecule has 4 aromatic rings. The fourth-order valence-corrected chi connectivity index (χ4v) is 20.6. The van der Waals surface area contributed by atoms with Crippen molar-refractivity contribution in [3.05, 3.63) is 117 Å². The Morgan fingerprint density at radius 3 is 0.651 bits per heavy atom. The number of unbranched alkanes of at least 4 members (excludes halogenated alkanes) is 3. The van der Waals surface area contributed by atoms with Crippen molar-refractivity contribution in [3.63, 3.8) is 0 Å². The second-order valence-corrected chi connectivity index (χ2v) is 35.4. The highest BCUT2D eigenvalue weighted by Crippen LogP contribution is 2.47. The fraction of sp³-hybridized carbons (Fsp3) is 0.745. The van der Waals surface area contributed by atoms with Gasteiger partial charge in [-0.15, -0.1) is 0 Å². The van der Waals surface area contributed by atoms with Crippen LogP contribution in [0.4, 0.5) is 35.1 Å². The predicted octanol–water partition coefficient (Wildman–Crippen LogP) is 29.0. The number of aryl methyl sites for hydroxylation is 4. The largest absolute Gasteiger partial charge is 0.490 e. The third-order valence-electron chi connectivity index (χ3n) is 28.1. The van der Waals surface area contributed by atoms with Crippen LogP contribution in [0.1, 0.15) is 320 Å². The molecule has 0 heterocycles. The third-order valence-corrected chi connectivity index (χ3v) is 28.1.